The fourth-order valence-corrected chi connectivity index (χ4v) is 4.10. The maximum atomic E-state index is 10.4. The van der Waals surface area contributed by atoms with E-state index in [0.29, 0.717) is 5.56 Å². The van der Waals surface area contributed by atoms with Crippen molar-refractivity contribution in [1.29, 1.82) is 0 Å². The van der Waals surface area contributed by atoms with Gasteiger partial charge in [0.25, 0.3) is 0 Å². The quantitative estimate of drug-likeness (QED) is 0.278. The smallest absolute Gasteiger partial charge is 0.335 e. The topological polar surface area (TPSA) is 37.3 Å². The van der Waals surface area contributed by atoms with E-state index in [-0.39, 0.29) is 0 Å². The monoisotopic (exact) mass is 660 g/mol. The van der Waals surface area contributed by atoms with E-state index >= 15 is 0 Å². The van der Waals surface area contributed by atoms with Crippen LogP contribution in [-0.4, -0.2) is 11.1 Å². The van der Waals surface area contributed by atoms with Crippen LogP contribution in [-0.2, 0) is 5.33 Å². The molecule has 0 spiro atoms. The largest absolute Gasteiger partial charge is 0.478 e. The van der Waals surface area contributed by atoms with Crippen molar-refractivity contribution in [1.82, 2.24) is 0 Å². The van der Waals surface area contributed by atoms with Gasteiger partial charge in [-0.05, 0) is 74.7 Å². The Balaban J connectivity index is 0.000000226. The van der Waals surface area contributed by atoms with Crippen molar-refractivity contribution in [3.05, 3.63) is 101 Å². The Hall–Kier alpha value is -0.950. The molecule has 1 N–H and O–H groups in total. The number of benzene rings is 3. The first-order valence-electron chi connectivity index (χ1n) is 9.08. The Labute approximate surface area is 212 Å². The maximum absolute atomic E-state index is 10.4. The lowest BCUT2D eigenvalue weighted by Crippen LogP contribution is -1.95. The molecule has 3 rings (SSSR count). The molecule has 0 fully saturated rings. The van der Waals surface area contributed by atoms with Gasteiger partial charge in [-0.1, -0.05) is 99.1 Å². The van der Waals surface area contributed by atoms with E-state index in [1.54, 1.807) is 18.2 Å². The van der Waals surface area contributed by atoms with Gasteiger partial charge in [0, 0.05) is 18.7 Å². The highest BCUT2D eigenvalue weighted by Gasteiger charge is 2.03. The number of hydrogen-bond donors (Lipinski definition) is 1. The highest BCUT2D eigenvalue weighted by atomic mass is 79.9. The molecule has 0 saturated heterocycles. The third kappa shape index (κ3) is 9.46. The first-order chi connectivity index (χ1) is 14.0. The Bertz CT molecular complexity index is 1000. The first kappa shape index (κ1) is 27.1. The van der Waals surface area contributed by atoms with Crippen LogP contribution in [0.5, 0.6) is 0 Å². The molecule has 0 unspecified atom stereocenters. The number of carboxylic acids is 1. The molecule has 0 aliphatic carbocycles. The Kier molecular flexibility index (Phi) is 12.2. The molecular weight excluding hydrogens is 640 g/mol. The number of aryl methyl sites for hydroxylation is 4. The molecule has 3 aromatic carbocycles. The zero-order valence-electron chi connectivity index (χ0n) is 17.3. The van der Waals surface area contributed by atoms with Gasteiger partial charge < -0.3 is 5.11 Å². The van der Waals surface area contributed by atoms with E-state index < -0.39 is 5.97 Å². The maximum Gasteiger partial charge on any atom is 0.335 e. The molecule has 3 aromatic rings. The van der Waals surface area contributed by atoms with Crippen LogP contribution >= 0.6 is 63.7 Å². The average Bonchev–Trinajstić information content (AvgIpc) is 2.70. The van der Waals surface area contributed by atoms with Gasteiger partial charge in [0.1, 0.15) is 0 Å². The van der Waals surface area contributed by atoms with Crippen LogP contribution in [0.25, 0.3) is 0 Å². The van der Waals surface area contributed by atoms with Crippen molar-refractivity contribution < 1.29 is 9.90 Å². The minimum absolute atomic E-state index is 0.325. The van der Waals surface area contributed by atoms with Crippen LogP contribution in [0.4, 0.5) is 0 Å². The van der Waals surface area contributed by atoms with Crippen LogP contribution in [0, 0.1) is 27.7 Å². The summed E-state index contributed by atoms with van der Waals surface area (Å²) in [5.74, 6) is -0.888. The number of halogens is 4. The van der Waals surface area contributed by atoms with Crippen molar-refractivity contribution in [2.24, 2.45) is 0 Å². The van der Waals surface area contributed by atoms with E-state index in [9.17, 15) is 4.79 Å². The van der Waals surface area contributed by atoms with Gasteiger partial charge in [-0.25, -0.2) is 4.79 Å². The van der Waals surface area contributed by atoms with Crippen LogP contribution in [0.1, 0.15) is 38.2 Å². The predicted molar refractivity (Wildman–Crippen MR) is 141 cm³/mol. The van der Waals surface area contributed by atoms with Gasteiger partial charge in [0.05, 0.1) is 5.56 Å². The number of alkyl halides is 1. The first-order valence-corrected chi connectivity index (χ1v) is 12.6. The molecule has 2 nitrogen and oxygen atoms in total. The molecule has 0 radical (unpaired) electrons. The predicted octanol–water partition coefficient (Wildman–Crippen LogP) is 9.17. The summed E-state index contributed by atoms with van der Waals surface area (Å²) >= 11 is 13.6. The van der Waals surface area contributed by atoms with Gasteiger partial charge in [-0.3, -0.25) is 0 Å². The van der Waals surface area contributed by atoms with Crippen molar-refractivity contribution in [3.63, 3.8) is 0 Å². The molecule has 0 bridgehead atoms. The third-order valence-electron chi connectivity index (χ3n) is 4.06. The zero-order valence-corrected chi connectivity index (χ0v) is 23.6. The summed E-state index contributed by atoms with van der Waals surface area (Å²) in [7, 11) is 0. The van der Waals surface area contributed by atoms with Gasteiger partial charge in [0.2, 0.25) is 0 Å². The van der Waals surface area contributed by atoms with Gasteiger partial charge in [-0.2, -0.15) is 0 Å². The summed E-state index contributed by atoms with van der Waals surface area (Å²) < 4.78 is 3.30. The Morgan fingerprint density at radius 3 is 1.60 bits per heavy atom. The van der Waals surface area contributed by atoms with Crippen molar-refractivity contribution in [2.75, 3.05) is 0 Å². The Morgan fingerprint density at radius 2 is 1.20 bits per heavy atom. The van der Waals surface area contributed by atoms with Gasteiger partial charge in [-0.15, -0.1) is 0 Å². The van der Waals surface area contributed by atoms with E-state index in [2.05, 4.69) is 121 Å². The fraction of sp³-hybridized carbons (Fsp3) is 0.208. The number of rotatable bonds is 2. The van der Waals surface area contributed by atoms with E-state index in [0.717, 1.165) is 15.4 Å². The molecule has 0 atom stereocenters. The Morgan fingerprint density at radius 1 is 0.733 bits per heavy atom. The van der Waals surface area contributed by atoms with Crippen LogP contribution < -0.4 is 0 Å². The molecule has 0 aliphatic rings. The summed E-state index contributed by atoms with van der Waals surface area (Å²) in [5.41, 5.74) is 6.49. The lowest BCUT2D eigenvalue weighted by molar-refractivity contribution is 0.0696. The second-order valence-electron chi connectivity index (χ2n) is 6.75. The van der Waals surface area contributed by atoms with E-state index in [1.165, 1.54) is 31.2 Å². The molecule has 0 aromatic heterocycles. The lowest BCUT2D eigenvalue weighted by Gasteiger charge is -1.99. The van der Waals surface area contributed by atoms with Crippen LogP contribution in [0.3, 0.4) is 0 Å². The molecule has 0 heterocycles. The number of carbonyl (C=O) groups is 1. The second kappa shape index (κ2) is 13.5. The normalized spacial score (nSPS) is 9.73. The zero-order chi connectivity index (χ0) is 22.8. The molecule has 160 valence electrons. The number of aromatic carboxylic acids is 1. The summed E-state index contributed by atoms with van der Waals surface area (Å²) in [5, 5.41) is 9.50. The molecule has 30 heavy (non-hydrogen) atoms. The highest BCUT2D eigenvalue weighted by molar-refractivity contribution is 9.11. The summed E-state index contributed by atoms with van der Waals surface area (Å²) in [6.45, 7) is 8.14. The summed E-state index contributed by atoms with van der Waals surface area (Å²) in [6.07, 6.45) is 0. The van der Waals surface area contributed by atoms with Crippen LogP contribution in [0.15, 0.2) is 68.0 Å². The third-order valence-corrected chi connectivity index (χ3v) is 7.22. The van der Waals surface area contributed by atoms with Gasteiger partial charge in [0.15, 0.2) is 0 Å². The number of carboxylic acid groups (broad SMARTS) is 1. The molecule has 0 aliphatic heterocycles. The van der Waals surface area contributed by atoms with Gasteiger partial charge >= 0.3 is 5.97 Å². The standard InChI is InChI=1S/C8H8Br2.C8H7BrO2.C8H9Br/c1-6-2-3-8(10)7(4-6)5-9;1-5-4-6(8(10)11)2-3-7(5)9;1-6-3-4-8(9)7(2)5-6/h2-4H,5H2,1H3;2-4H,1H3,(H,10,11);3-5H,1-2H3. The minimum Gasteiger partial charge on any atom is -0.478 e. The molecular formula is C24H24Br4O2. The average molecular weight is 664 g/mol. The summed E-state index contributed by atoms with van der Waals surface area (Å²) in [4.78, 5) is 10.4. The van der Waals surface area contributed by atoms with Crippen LogP contribution in [0.2, 0.25) is 0 Å². The molecule has 0 saturated carbocycles. The lowest BCUT2D eigenvalue weighted by atomic mass is 10.1. The molecule has 0 amide bonds. The van der Waals surface area contributed by atoms with E-state index in [4.69, 9.17) is 5.11 Å². The van der Waals surface area contributed by atoms with E-state index in [1.807, 2.05) is 6.92 Å². The van der Waals surface area contributed by atoms with Crippen molar-refractivity contribution >= 4 is 69.7 Å². The van der Waals surface area contributed by atoms with Crippen molar-refractivity contribution in [2.45, 2.75) is 33.0 Å². The highest BCUT2D eigenvalue weighted by Crippen LogP contribution is 2.20. The molecule has 6 heteroatoms. The number of hydrogen-bond acceptors (Lipinski definition) is 1. The second-order valence-corrected chi connectivity index (χ2v) is 9.87. The van der Waals surface area contributed by atoms with Crippen molar-refractivity contribution in [3.8, 4) is 0 Å². The SMILES string of the molecule is Cc1cc(C(=O)O)ccc1Br.Cc1ccc(Br)c(C)c1.Cc1ccc(Br)c(CBr)c1. The fourth-order valence-electron chi connectivity index (χ4n) is 2.38. The minimum atomic E-state index is -0.888. The summed E-state index contributed by atoms with van der Waals surface area (Å²) in [6, 6.07) is 17.6.